The molecule has 2 aromatic carbocycles. The Kier molecular flexibility index (Phi) is 6.67. The van der Waals surface area contributed by atoms with Gasteiger partial charge in [-0.05, 0) is 90.9 Å². The molecule has 1 aliphatic heterocycles. The number of carbonyl (C=O) groups excluding carboxylic acids is 1. The Morgan fingerprint density at radius 2 is 1.74 bits per heavy atom. The topological polar surface area (TPSA) is 57.4 Å². The Balaban J connectivity index is 1.61. The molecule has 1 saturated heterocycles. The van der Waals surface area contributed by atoms with Crippen LogP contribution in [0.3, 0.4) is 0 Å². The average Bonchev–Trinajstić information content (AvgIpc) is 3.14. The van der Waals surface area contributed by atoms with Crippen molar-refractivity contribution in [3.05, 3.63) is 52.0 Å². The van der Waals surface area contributed by atoms with E-state index in [-0.39, 0.29) is 23.0 Å². The lowest BCUT2D eigenvalue weighted by Crippen LogP contribution is -2.62. The van der Waals surface area contributed by atoms with Gasteiger partial charge < -0.3 is 15.0 Å². The van der Waals surface area contributed by atoms with E-state index in [2.05, 4.69) is 49.9 Å². The number of carbonyl (C=O) groups is 1. The fourth-order valence-corrected chi connectivity index (χ4v) is 5.51. The van der Waals surface area contributed by atoms with Crippen LogP contribution in [0.2, 0.25) is 10.0 Å². The van der Waals surface area contributed by atoms with Crippen LogP contribution in [-0.2, 0) is 0 Å². The first-order valence-corrected chi connectivity index (χ1v) is 12.5. The quantitative estimate of drug-likeness (QED) is 0.398. The number of H-pyrrole nitrogens is 1. The molecule has 0 spiro atoms. The molecule has 0 unspecified atom stereocenters. The van der Waals surface area contributed by atoms with Crippen LogP contribution in [0.5, 0.6) is 5.75 Å². The van der Waals surface area contributed by atoms with E-state index in [4.69, 9.17) is 27.9 Å². The van der Waals surface area contributed by atoms with Crippen molar-refractivity contribution in [2.75, 3.05) is 13.7 Å². The van der Waals surface area contributed by atoms with Crippen LogP contribution >= 0.6 is 23.2 Å². The normalized spacial score (nSPS) is 18.2. The van der Waals surface area contributed by atoms with Gasteiger partial charge in [0.25, 0.3) is 5.91 Å². The van der Waals surface area contributed by atoms with Crippen LogP contribution in [0.4, 0.5) is 0 Å². The molecule has 0 bridgehead atoms. The number of ether oxygens (including phenoxy) is 1. The third-order valence-electron chi connectivity index (χ3n) is 7.14. The molecule has 1 aromatic heterocycles. The number of halogens is 2. The monoisotopic (exact) mass is 501 g/mol. The number of aromatic amines is 1. The van der Waals surface area contributed by atoms with E-state index in [1.807, 2.05) is 43.3 Å². The third kappa shape index (κ3) is 4.79. The van der Waals surface area contributed by atoms with Crippen molar-refractivity contribution in [1.29, 1.82) is 0 Å². The molecule has 1 aliphatic rings. The van der Waals surface area contributed by atoms with E-state index >= 15 is 0 Å². The number of benzene rings is 2. The zero-order valence-corrected chi connectivity index (χ0v) is 22.2. The summed E-state index contributed by atoms with van der Waals surface area (Å²) in [5, 5.41) is 5.24. The van der Waals surface area contributed by atoms with Gasteiger partial charge in [0, 0.05) is 39.1 Å². The van der Waals surface area contributed by atoms with Gasteiger partial charge in [-0.1, -0.05) is 23.2 Å². The third-order valence-corrected chi connectivity index (χ3v) is 7.86. The van der Waals surface area contributed by atoms with Crippen molar-refractivity contribution >= 4 is 40.0 Å². The maximum atomic E-state index is 13.2. The number of hydrogen-bond donors (Lipinski definition) is 2. The minimum atomic E-state index is -0.0798. The van der Waals surface area contributed by atoms with Gasteiger partial charge in [0.2, 0.25) is 0 Å². The predicted molar refractivity (Wildman–Crippen MR) is 141 cm³/mol. The van der Waals surface area contributed by atoms with Gasteiger partial charge in [-0.2, -0.15) is 0 Å². The Morgan fingerprint density at radius 3 is 2.38 bits per heavy atom. The first-order chi connectivity index (χ1) is 15.9. The van der Waals surface area contributed by atoms with Crippen molar-refractivity contribution in [1.82, 2.24) is 15.2 Å². The lowest BCUT2D eigenvalue weighted by molar-refractivity contribution is -0.0169. The maximum absolute atomic E-state index is 13.2. The van der Waals surface area contributed by atoms with Crippen LogP contribution in [0.1, 0.15) is 57.8 Å². The smallest absolute Gasteiger partial charge is 0.251 e. The lowest BCUT2D eigenvalue weighted by Gasteiger charge is -2.53. The van der Waals surface area contributed by atoms with Crippen molar-refractivity contribution in [3.63, 3.8) is 0 Å². The van der Waals surface area contributed by atoms with Crippen LogP contribution < -0.4 is 10.1 Å². The summed E-state index contributed by atoms with van der Waals surface area (Å²) in [5.41, 5.74) is 3.24. The van der Waals surface area contributed by atoms with Gasteiger partial charge in [-0.15, -0.1) is 0 Å². The second-order valence-electron chi connectivity index (χ2n) is 10.4. The minimum absolute atomic E-state index is 0.00144. The molecular weight excluding hydrogens is 469 g/mol. The summed E-state index contributed by atoms with van der Waals surface area (Å²) < 4.78 is 5.94. The number of aromatic nitrogens is 1. The Hall–Kier alpha value is -2.21. The summed E-state index contributed by atoms with van der Waals surface area (Å²) in [4.78, 5) is 19.0. The van der Waals surface area contributed by atoms with Crippen molar-refractivity contribution < 1.29 is 9.53 Å². The zero-order chi connectivity index (χ0) is 24.8. The van der Waals surface area contributed by atoms with E-state index in [0.29, 0.717) is 28.0 Å². The summed E-state index contributed by atoms with van der Waals surface area (Å²) in [5.74, 6) is 0.576. The van der Waals surface area contributed by atoms with Gasteiger partial charge in [0.15, 0.2) is 0 Å². The van der Waals surface area contributed by atoms with Crippen LogP contribution in [0.25, 0.3) is 22.2 Å². The number of nitrogens with one attached hydrogen (secondary N) is 2. The summed E-state index contributed by atoms with van der Waals surface area (Å²) in [6, 6.07) is 11.4. The van der Waals surface area contributed by atoms with Crippen LogP contribution in [0.15, 0.2) is 36.4 Å². The fraction of sp³-hybridized carbons (Fsp3) is 0.444. The number of hydrogen-bond acceptors (Lipinski definition) is 3. The molecule has 0 atom stereocenters. The molecule has 5 nitrogen and oxygen atoms in total. The lowest BCUT2D eigenvalue weighted by atomic mass is 9.77. The summed E-state index contributed by atoms with van der Waals surface area (Å²) in [7, 11) is 2.16. The van der Waals surface area contributed by atoms with Gasteiger partial charge in [0.1, 0.15) is 5.75 Å². The van der Waals surface area contributed by atoms with Gasteiger partial charge >= 0.3 is 0 Å². The highest BCUT2D eigenvalue weighted by molar-refractivity contribution is 6.42. The SMILES string of the molecule is CCOc1cc(C(=O)NC2CC(C)(C)N(C)C(C)(C)C2)ccc1-c1cc2cc(Cl)c(Cl)cc2[nH]1. The number of nitrogens with zero attached hydrogens (tertiary/aromatic N) is 1. The van der Waals surface area contributed by atoms with E-state index in [1.165, 1.54) is 0 Å². The molecule has 0 saturated carbocycles. The minimum Gasteiger partial charge on any atom is -0.493 e. The van der Waals surface area contributed by atoms with Crippen LogP contribution in [-0.4, -0.2) is 46.6 Å². The Bertz CT molecular complexity index is 1180. The number of amides is 1. The van der Waals surface area contributed by atoms with Gasteiger partial charge in [-0.3, -0.25) is 9.69 Å². The molecule has 0 radical (unpaired) electrons. The molecule has 182 valence electrons. The molecule has 34 heavy (non-hydrogen) atoms. The standard InChI is InChI=1S/C27H33Cl2N3O2/c1-7-34-24-12-16(25(33)30-18-14-26(2,3)32(6)27(4,5)15-18)8-9-19(24)23-11-17-10-20(28)21(29)13-22(17)31-23/h8-13,18,31H,7,14-15H2,1-6H3,(H,30,33). The summed E-state index contributed by atoms with van der Waals surface area (Å²) >= 11 is 12.4. The molecule has 4 rings (SSSR count). The van der Waals surface area contributed by atoms with Crippen molar-refractivity contribution in [2.45, 2.75) is 64.6 Å². The second kappa shape index (κ2) is 9.10. The maximum Gasteiger partial charge on any atom is 0.251 e. The number of piperidine rings is 1. The molecule has 2 N–H and O–H groups in total. The van der Waals surface area contributed by atoms with Crippen molar-refractivity contribution in [3.8, 4) is 17.0 Å². The number of likely N-dealkylation sites (tertiary alicyclic amines) is 1. The molecule has 7 heteroatoms. The summed E-state index contributed by atoms with van der Waals surface area (Å²) in [6.45, 7) is 11.4. The highest BCUT2D eigenvalue weighted by Crippen LogP contribution is 2.38. The largest absolute Gasteiger partial charge is 0.493 e. The highest BCUT2D eigenvalue weighted by Gasteiger charge is 2.43. The molecular formula is C27H33Cl2N3O2. The average molecular weight is 502 g/mol. The second-order valence-corrected chi connectivity index (χ2v) is 11.3. The van der Waals surface area contributed by atoms with Crippen molar-refractivity contribution in [2.24, 2.45) is 0 Å². The van der Waals surface area contributed by atoms with Crippen LogP contribution in [0, 0.1) is 0 Å². The van der Waals surface area contributed by atoms with E-state index < -0.39 is 0 Å². The number of fused-ring (bicyclic) bond motifs is 1. The number of rotatable bonds is 5. The molecule has 1 amide bonds. The molecule has 3 aromatic rings. The first-order valence-electron chi connectivity index (χ1n) is 11.7. The van der Waals surface area contributed by atoms with Gasteiger partial charge in [0.05, 0.1) is 22.3 Å². The summed E-state index contributed by atoms with van der Waals surface area (Å²) in [6.07, 6.45) is 1.80. The molecule has 0 aliphatic carbocycles. The molecule has 1 fully saturated rings. The van der Waals surface area contributed by atoms with E-state index in [0.717, 1.165) is 35.0 Å². The predicted octanol–water partition coefficient (Wildman–Crippen LogP) is 6.92. The zero-order valence-electron chi connectivity index (χ0n) is 20.7. The van der Waals surface area contributed by atoms with Gasteiger partial charge in [-0.25, -0.2) is 0 Å². The first kappa shape index (κ1) is 24.9. The van der Waals surface area contributed by atoms with E-state index in [1.54, 1.807) is 0 Å². The fourth-order valence-electron chi connectivity index (χ4n) is 5.17. The Morgan fingerprint density at radius 1 is 1.09 bits per heavy atom. The highest BCUT2D eigenvalue weighted by atomic mass is 35.5. The van der Waals surface area contributed by atoms with E-state index in [9.17, 15) is 4.79 Å². The Labute approximate surface area is 211 Å². The molecule has 2 heterocycles.